The molecule has 122 valence electrons. The smallest absolute Gasteiger partial charge is 0.233 e. The van der Waals surface area contributed by atoms with Gasteiger partial charge in [0.05, 0.1) is 12.0 Å². The Morgan fingerprint density at radius 1 is 1.30 bits per heavy atom. The molecular formula is C18H20FNO2S. The first-order valence-electron chi connectivity index (χ1n) is 7.71. The summed E-state index contributed by atoms with van der Waals surface area (Å²) in [6, 6.07) is 8.37. The van der Waals surface area contributed by atoms with Gasteiger partial charge in [0.2, 0.25) is 5.91 Å². The van der Waals surface area contributed by atoms with Gasteiger partial charge in [-0.15, -0.1) is 0 Å². The summed E-state index contributed by atoms with van der Waals surface area (Å²) in [5, 5.41) is 4.08. The highest BCUT2D eigenvalue weighted by atomic mass is 32.1. The van der Waals surface area contributed by atoms with E-state index in [0.717, 1.165) is 24.0 Å². The monoisotopic (exact) mass is 333 g/mol. The van der Waals surface area contributed by atoms with Crippen molar-refractivity contribution in [2.45, 2.75) is 24.8 Å². The predicted molar refractivity (Wildman–Crippen MR) is 88.9 cm³/mol. The Morgan fingerprint density at radius 3 is 2.61 bits per heavy atom. The van der Waals surface area contributed by atoms with Crippen molar-refractivity contribution >= 4 is 17.2 Å². The molecule has 0 atom stereocenters. The Labute approximate surface area is 139 Å². The molecule has 0 N–H and O–H groups in total. The lowest BCUT2D eigenvalue weighted by atomic mass is 9.94. The summed E-state index contributed by atoms with van der Waals surface area (Å²) >= 11 is 1.63. The first kappa shape index (κ1) is 16.1. The number of hydrogen-bond acceptors (Lipinski definition) is 3. The van der Waals surface area contributed by atoms with Gasteiger partial charge in [0.25, 0.3) is 0 Å². The normalized spacial score (nSPS) is 15.4. The van der Waals surface area contributed by atoms with Crippen molar-refractivity contribution in [1.29, 1.82) is 0 Å². The second-order valence-electron chi connectivity index (χ2n) is 5.94. The van der Waals surface area contributed by atoms with Gasteiger partial charge in [-0.25, -0.2) is 4.39 Å². The van der Waals surface area contributed by atoms with Gasteiger partial charge in [-0.2, -0.15) is 11.3 Å². The van der Waals surface area contributed by atoms with Crippen LogP contribution in [0, 0.1) is 5.82 Å². The van der Waals surface area contributed by atoms with E-state index in [9.17, 15) is 9.18 Å². The fraction of sp³-hybridized carbons (Fsp3) is 0.389. The van der Waals surface area contributed by atoms with Gasteiger partial charge in [0.1, 0.15) is 5.82 Å². The molecule has 0 saturated heterocycles. The number of rotatable bonds is 7. The summed E-state index contributed by atoms with van der Waals surface area (Å²) < 4.78 is 18.3. The van der Waals surface area contributed by atoms with Gasteiger partial charge in [0.15, 0.2) is 0 Å². The molecule has 1 saturated carbocycles. The van der Waals surface area contributed by atoms with Crippen molar-refractivity contribution in [2.75, 3.05) is 20.3 Å². The SMILES string of the molecule is COCCN(Cc1ccsc1)C(=O)C1(c2ccc(F)cc2)CC1. The van der Waals surface area contributed by atoms with E-state index in [4.69, 9.17) is 4.74 Å². The second-order valence-corrected chi connectivity index (χ2v) is 6.72. The topological polar surface area (TPSA) is 29.5 Å². The lowest BCUT2D eigenvalue weighted by Gasteiger charge is -2.27. The maximum absolute atomic E-state index is 13.2. The molecule has 0 bridgehead atoms. The van der Waals surface area contributed by atoms with Gasteiger partial charge < -0.3 is 9.64 Å². The molecule has 2 aromatic rings. The third-order valence-electron chi connectivity index (χ3n) is 4.36. The molecule has 1 aromatic carbocycles. The molecule has 0 spiro atoms. The number of hydrogen-bond donors (Lipinski definition) is 0. The van der Waals surface area contributed by atoms with E-state index in [-0.39, 0.29) is 11.7 Å². The molecule has 23 heavy (non-hydrogen) atoms. The van der Waals surface area contributed by atoms with Crippen LogP contribution in [-0.2, 0) is 21.5 Å². The molecule has 1 aliphatic rings. The molecule has 5 heteroatoms. The standard InChI is InChI=1S/C18H20FNO2S/c1-22-10-9-20(12-14-6-11-23-13-14)17(21)18(7-8-18)15-2-4-16(19)5-3-15/h2-6,11,13H,7-10,12H2,1H3. The van der Waals surface area contributed by atoms with Gasteiger partial charge >= 0.3 is 0 Å². The number of carbonyl (C=O) groups is 1. The lowest BCUT2D eigenvalue weighted by Crippen LogP contribution is -2.40. The number of halogens is 1. The summed E-state index contributed by atoms with van der Waals surface area (Å²) in [4.78, 5) is 15.0. The quantitative estimate of drug-likeness (QED) is 0.775. The van der Waals surface area contributed by atoms with Crippen LogP contribution in [0.5, 0.6) is 0 Å². The highest BCUT2D eigenvalue weighted by Crippen LogP contribution is 2.49. The largest absolute Gasteiger partial charge is 0.383 e. The van der Waals surface area contributed by atoms with E-state index in [1.54, 1.807) is 30.6 Å². The van der Waals surface area contributed by atoms with Gasteiger partial charge in [-0.3, -0.25) is 4.79 Å². The maximum Gasteiger partial charge on any atom is 0.233 e. The third-order valence-corrected chi connectivity index (χ3v) is 5.09. The number of ether oxygens (including phenoxy) is 1. The fourth-order valence-electron chi connectivity index (χ4n) is 2.88. The van der Waals surface area contributed by atoms with Crippen molar-refractivity contribution in [2.24, 2.45) is 0 Å². The first-order valence-corrected chi connectivity index (χ1v) is 8.65. The highest BCUT2D eigenvalue weighted by Gasteiger charge is 2.52. The lowest BCUT2D eigenvalue weighted by molar-refractivity contribution is -0.135. The molecule has 0 unspecified atom stereocenters. The highest BCUT2D eigenvalue weighted by molar-refractivity contribution is 7.07. The number of methoxy groups -OCH3 is 1. The molecule has 0 radical (unpaired) electrons. The molecule has 1 heterocycles. The molecule has 1 aromatic heterocycles. The van der Waals surface area contributed by atoms with E-state index in [0.29, 0.717) is 19.7 Å². The number of amides is 1. The van der Waals surface area contributed by atoms with Crippen molar-refractivity contribution in [1.82, 2.24) is 4.90 Å². The average molecular weight is 333 g/mol. The molecular weight excluding hydrogens is 313 g/mol. The summed E-state index contributed by atoms with van der Waals surface area (Å²) in [6.07, 6.45) is 1.65. The van der Waals surface area contributed by atoms with Crippen LogP contribution < -0.4 is 0 Å². The minimum atomic E-state index is -0.475. The fourth-order valence-corrected chi connectivity index (χ4v) is 3.54. The first-order chi connectivity index (χ1) is 11.2. The average Bonchev–Trinajstić information content (AvgIpc) is 3.21. The zero-order chi connectivity index (χ0) is 16.3. The number of benzene rings is 1. The Kier molecular flexibility index (Phi) is 4.78. The Bertz CT molecular complexity index is 650. The van der Waals surface area contributed by atoms with Crippen LogP contribution >= 0.6 is 11.3 Å². The van der Waals surface area contributed by atoms with Crippen LogP contribution in [-0.4, -0.2) is 31.1 Å². The molecule has 1 aliphatic carbocycles. The van der Waals surface area contributed by atoms with Crippen molar-refractivity contribution < 1.29 is 13.9 Å². The molecule has 1 fully saturated rings. The van der Waals surface area contributed by atoms with Crippen molar-refractivity contribution in [3.8, 4) is 0 Å². The van der Waals surface area contributed by atoms with Crippen LogP contribution in [0.1, 0.15) is 24.0 Å². The van der Waals surface area contributed by atoms with E-state index in [2.05, 4.69) is 5.38 Å². The van der Waals surface area contributed by atoms with Crippen LogP contribution in [0.15, 0.2) is 41.1 Å². The van der Waals surface area contributed by atoms with E-state index in [1.165, 1.54) is 12.1 Å². The summed E-state index contributed by atoms with van der Waals surface area (Å²) in [5.41, 5.74) is 1.57. The third kappa shape index (κ3) is 3.46. The minimum Gasteiger partial charge on any atom is -0.383 e. The molecule has 3 rings (SSSR count). The Hall–Kier alpha value is -1.72. The van der Waals surface area contributed by atoms with Crippen LogP contribution in [0.4, 0.5) is 4.39 Å². The van der Waals surface area contributed by atoms with Crippen molar-refractivity contribution in [3.05, 3.63) is 58.0 Å². The van der Waals surface area contributed by atoms with Gasteiger partial charge in [0, 0.05) is 20.2 Å². The van der Waals surface area contributed by atoms with Crippen molar-refractivity contribution in [3.63, 3.8) is 0 Å². The van der Waals surface area contributed by atoms with E-state index in [1.807, 2.05) is 16.3 Å². The minimum absolute atomic E-state index is 0.118. The van der Waals surface area contributed by atoms with Gasteiger partial charge in [-0.1, -0.05) is 12.1 Å². The number of nitrogens with zero attached hydrogens (tertiary/aromatic N) is 1. The molecule has 3 nitrogen and oxygen atoms in total. The maximum atomic E-state index is 13.2. The summed E-state index contributed by atoms with van der Waals surface area (Å²) in [6.45, 7) is 1.66. The van der Waals surface area contributed by atoms with E-state index < -0.39 is 5.41 Å². The second kappa shape index (κ2) is 6.81. The Morgan fingerprint density at radius 2 is 2.04 bits per heavy atom. The number of carbonyl (C=O) groups excluding carboxylic acids is 1. The zero-order valence-corrected chi connectivity index (χ0v) is 13.9. The summed E-state index contributed by atoms with van der Waals surface area (Å²) in [5.74, 6) is -0.154. The van der Waals surface area contributed by atoms with Crippen LogP contribution in [0.3, 0.4) is 0 Å². The zero-order valence-electron chi connectivity index (χ0n) is 13.1. The van der Waals surface area contributed by atoms with E-state index >= 15 is 0 Å². The summed E-state index contributed by atoms with van der Waals surface area (Å²) in [7, 11) is 1.64. The molecule has 1 amide bonds. The van der Waals surface area contributed by atoms with Crippen LogP contribution in [0.25, 0.3) is 0 Å². The van der Waals surface area contributed by atoms with Gasteiger partial charge in [-0.05, 0) is 52.9 Å². The predicted octanol–water partition coefficient (Wildman–Crippen LogP) is 3.59. The number of thiophene rings is 1. The Balaban J connectivity index is 1.80. The molecule has 0 aliphatic heterocycles. The van der Waals surface area contributed by atoms with Crippen LogP contribution in [0.2, 0.25) is 0 Å².